The van der Waals surface area contributed by atoms with E-state index in [1.54, 1.807) is 31.0 Å². The zero-order valence-electron chi connectivity index (χ0n) is 15.1. The summed E-state index contributed by atoms with van der Waals surface area (Å²) in [6.45, 7) is 2.16. The average Bonchev–Trinajstić information content (AvgIpc) is 2.93. The number of urea groups is 1. The first kappa shape index (κ1) is 18.3. The molecule has 0 radical (unpaired) electrons. The van der Waals surface area contributed by atoms with Crippen molar-refractivity contribution in [3.8, 4) is 5.75 Å². The van der Waals surface area contributed by atoms with E-state index in [2.05, 4.69) is 5.32 Å². The summed E-state index contributed by atoms with van der Waals surface area (Å²) < 4.78 is 5.18. The number of amides is 3. The molecule has 136 valence electrons. The van der Waals surface area contributed by atoms with Crippen molar-refractivity contribution in [3.05, 3.63) is 59.7 Å². The molecule has 1 N–H and O–H groups in total. The molecule has 1 atom stereocenters. The Morgan fingerprint density at radius 3 is 2.27 bits per heavy atom. The average molecular weight is 370 g/mol. The monoisotopic (exact) mass is 370 g/mol. The van der Waals surface area contributed by atoms with Gasteiger partial charge in [0.05, 0.1) is 13.7 Å². The number of hydrogen-bond acceptors (Lipinski definition) is 4. The van der Waals surface area contributed by atoms with Gasteiger partial charge in [0, 0.05) is 4.90 Å². The third kappa shape index (κ3) is 3.17. The molecule has 0 bridgehead atoms. The Morgan fingerprint density at radius 1 is 1.08 bits per heavy atom. The SMILES string of the molecule is CC[C@]1(c2ccc(OC)cc2)NC(=O)N(Cc2ccc(SC)cc2)C1=O. The fourth-order valence-corrected chi connectivity index (χ4v) is 3.61. The molecule has 2 aromatic rings. The van der Waals surface area contributed by atoms with E-state index in [1.807, 2.05) is 49.6 Å². The number of methoxy groups -OCH3 is 1. The number of carbonyl (C=O) groups is 2. The van der Waals surface area contributed by atoms with Gasteiger partial charge >= 0.3 is 6.03 Å². The third-order valence-corrected chi connectivity index (χ3v) is 5.53. The second-order valence-corrected chi connectivity index (χ2v) is 7.04. The van der Waals surface area contributed by atoms with Gasteiger partial charge in [-0.3, -0.25) is 9.69 Å². The van der Waals surface area contributed by atoms with Crippen molar-refractivity contribution >= 4 is 23.7 Å². The summed E-state index contributed by atoms with van der Waals surface area (Å²) in [6, 6.07) is 14.8. The summed E-state index contributed by atoms with van der Waals surface area (Å²) in [6.07, 6.45) is 2.49. The summed E-state index contributed by atoms with van der Waals surface area (Å²) in [7, 11) is 1.59. The maximum Gasteiger partial charge on any atom is 0.325 e. The number of benzene rings is 2. The van der Waals surface area contributed by atoms with Gasteiger partial charge < -0.3 is 10.1 Å². The summed E-state index contributed by atoms with van der Waals surface area (Å²) in [5.74, 6) is 0.492. The zero-order chi connectivity index (χ0) is 18.7. The van der Waals surface area contributed by atoms with E-state index in [1.165, 1.54) is 4.90 Å². The van der Waals surface area contributed by atoms with Crippen LogP contribution in [-0.4, -0.2) is 30.2 Å². The first-order chi connectivity index (χ1) is 12.5. The maximum absolute atomic E-state index is 13.2. The number of ether oxygens (including phenoxy) is 1. The Labute approximate surface area is 157 Å². The summed E-state index contributed by atoms with van der Waals surface area (Å²) in [5.41, 5.74) is 0.662. The van der Waals surface area contributed by atoms with E-state index in [9.17, 15) is 9.59 Å². The first-order valence-corrected chi connectivity index (χ1v) is 9.68. The van der Waals surface area contributed by atoms with Gasteiger partial charge in [-0.15, -0.1) is 11.8 Å². The number of carbonyl (C=O) groups excluding carboxylic acids is 2. The number of thioether (sulfide) groups is 1. The molecule has 3 rings (SSSR count). The van der Waals surface area contributed by atoms with Crippen LogP contribution in [-0.2, 0) is 16.9 Å². The molecule has 0 spiro atoms. The van der Waals surface area contributed by atoms with Crippen LogP contribution in [0.25, 0.3) is 0 Å². The van der Waals surface area contributed by atoms with E-state index in [0.717, 1.165) is 16.0 Å². The Hall–Kier alpha value is -2.47. The highest BCUT2D eigenvalue weighted by Gasteiger charge is 2.51. The fraction of sp³-hybridized carbons (Fsp3) is 0.300. The van der Waals surface area contributed by atoms with Crippen LogP contribution >= 0.6 is 11.8 Å². The number of hydrogen-bond donors (Lipinski definition) is 1. The van der Waals surface area contributed by atoms with Crippen LogP contribution in [0.5, 0.6) is 5.75 Å². The number of imide groups is 1. The minimum atomic E-state index is -1.03. The number of rotatable bonds is 6. The van der Waals surface area contributed by atoms with Gasteiger partial charge in [-0.05, 0) is 48.1 Å². The van der Waals surface area contributed by atoms with E-state index in [4.69, 9.17) is 4.74 Å². The lowest BCUT2D eigenvalue weighted by molar-refractivity contribution is -0.132. The van der Waals surface area contributed by atoms with Gasteiger partial charge in [0.15, 0.2) is 0 Å². The molecule has 0 unspecified atom stereocenters. The normalized spacial score (nSPS) is 19.6. The van der Waals surface area contributed by atoms with Crippen molar-refractivity contribution in [2.75, 3.05) is 13.4 Å². The van der Waals surface area contributed by atoms with Gasteiger partial charge in [-0.25, -0.2) is 4.79 Å². The molecule has 5 nitrogen and oxygen atoms in total. The summed E-state index contributed by atoms with van der Waals surface area (Å²) >= 11 is 1.65. The first-order valence-electron chi connectivity index (χ1n) is 8.45. The summed E-state index contributed by atoms with van der Waals surface area (Å²) in [4.78, 5) is 28.1. The zero-order valence-corrected chi connectivity index (χ0v) is 15.9. The Balaban J connectivity index is 1.87. The quantitative estimate of drug-likeness (QED) is 0.621. The van der Waals surface area contributed by atoms with Crippen molar-refractivity contribution in [2.24, 2.45) is 0 Å². The molecular formula is C20H22N2O3S. The smallest absolute Gasteiger partial charge is 0.325 e. The molecule has 26 heavy (non-hydrogen) atoms. The van der Waals surface area contributed by atoms with E-state index in [0.29, 0.717) is 12.2 Å². The molecule has 1 aliphatic heterocycles. The lowest BCUT2D eigenvalue weighted by Gasteiger charge is -2.26. The van der Waals surface area contributed by atoms with Gasteiger partial charge in [0.2, 0.25) is 0 Å². The van der Waals surface area contributed by atoms with E-state index in [-0.39, 0.29) is 18.5 Å². The van der Waals surface area contributed by atoms with Crippen LogP contribution < -0.4 is 10.1 Å². The largest absolute Gasteiger partial charge is 0.497 e. The number of nitrogens with one attached hydrogen (secondary N) is 1. The van der Waals surface area contributed by atoms with Gasteiger partial charge in [-0.1, -0.05) is 31.2 Å². The minimum absolute atomic E-state index is 0.218. The molecule has 2 aromatic carbocycles. The molecule has 1 heterocycles. The predicted molar refractivity (Wildman–Crippen MR) is 102 cm³/mol. The van der Waals surface area contributed by atoms with Crippen LogP contribution in [0.2, 0.25) is 0 Å². The lowest BCUT2D eigenvalue weighted by Crippen LogP contribution is -2.43. The van der Waals surface area contributed by atoms with Crippen molar-refractivity contribution < 1.29 is 14.3 Å². The lowest BCUT2D eigenvalue weighted by atomic mass is 9.87. The Kier molecular flexibility index (Phi) is 5.23. The summed E-state index contributed by atoms with van der Waals surface area (Å²) in [5, 5.41) is 2.91. The second kappa shape index (κ2) is 7.41. The minimum Gasteiger partial charge on any atom is -0.497 e. The van der Waals surface area contributed by atoms with Crippen LogP contribution in [0.3, 0.4) is 0 Å². The maximum atomic E-state index is 13.2. The highest BCUT2D eigenvalue weighted by Crippen LogP contribution is 2.34. The van der Waals surface area contributed by atoms with Crippen LogP contribution in [0.4, 0.5) is 4.79 Å². The number of nitrogens with zero attached hydrogens (tertiary/aromatic N) is 1. The molecule has 1 fully saturated rings. The molecular weight excluding hydrogens is 348 g/mol. The van der Waals surface area contributed by atoms with Crippen molar-refractivity contribution in [1.82, 2.24) is 10.2 Å². The standard InChI is InChI=1S/C20H22N2O3S/c1-4-20(15-7-9-16(25-2)10-8-15)18(23)22(19(24)21-20)13-14-5-11-17(26-3)12-6-14/h5-12H,4,13H2,1-3H3,(H,21,24)/t20-/m1/s1. The van der Waals surface area contributed by atoms with Crippen molar-refractivity contribution in [2.45, 2.75) is 30.3 Å². The molecule has 0 aromatic heterocycles. The van der Waals surface area contributed by atoms with Crippen LogP contribution in [0.15, 0.2) is 53.4 Å². The second-order valence-electron chi connectivity index (χ2n) is 6.16. The molecule has 6 heteroatoms. The third-order valence-electron chi connectivity index (χ3n) is 4.79. The van der Waals surface area contributed by atoms with E-state index >= 15 is 0 Å². The van der Waals surface area contributed by atoms with Gasteiger partial charge in [-0.2, -0.15) is 0 Å². The van der Waals surface area contributed by atoms with Crippen LogP contribution in [0.1, 0.15) is 24.5 Å². The molecule has 0 saturated carbocycles. The topological polar surface area (TPSA) is 58.6 Å². The van der Waals surface area contributed by atoms with E-state index < -0.39 is 5.54 Å². The Morgan fingerprint density at radius 2 is 1.73 bits per heavy atom. The molecule has 1 saturated heterocycles. The highest BCUT2D eigenvalue weighted by molar-refractivity contribution is 7.98. The van der Waals surface area contributed by atoms with Gasteiger partial charge in [0.1, 0.15) is 11.3 Å². The highest BCUT2D eigenvalue weighted by atomic mass is 32.2. The Bertz CT molecular complexity index is 805. The molecule has 1 aliphatic rings. The molecule has 0 aliphatic carbocycles. The van der Waals surface area contributed by atoms with Gasteiger partial charge in [0.25, 0.3) is 5.91 Å². The molecule has 3 amide bonds. The fourth-order valence-electron chi connectivity index (χ4n) is 3.20. The van der Waals surface area contributed by atoms with Crippen LogP contribution in [0, 0.1) is 0 Å². The van der Waals surface area contributed by atoms with Crippen molar-refractivity contribution in [3.63, 3.8) is 0 Å². The predicted octanol–water partition coefficient (Wildman–Crippen LogP) is 3.77. The van der Waals surface area contributed by atoms with Crippen molar-refractivity contribution in [1.29, 1.82) is 0 Å².